The Morgan fingerprint density at radius 3 is 2.76 bits per heavy atom. The van der Waals surface area contributed by atoms with Crippen LogP contribution in [0.25, 0.3) is 0 Å². The maximum atomic E-state index is 12.1. The number of benzene rings is 1. The fraction of sp³-hybridized carbons (Fsp3) is 0.143. The van der Waals surface area contributed by atoms with Crippen LogP contribution >= 0.6 is 0 Å². The van der Waals surface area contributed by atoms with E-state index in [1.807, 2.05) is 30.3 Å². The molecule has 0 amide bonds. The molecule has 1 aromatic carbocycles. The highest BCUT2D eigenvalue weighted by molar-refractivity contribution is 5.98. The smallest absolute Gasteiger partial charge is 0.221 e. The number of para-hydroxylation sites is 1. The van der Waals surface area contributed by atoms with Crippen molar-refractivity contribution in [3.05, 3.63) is 59.9 Å². The Morgan fingerprint density at radius 2 is 2.00 bits per heavy atom. The van der Waals surface area contributed by atoms with Crippen LogP contribution in [0.15, 0.2) is 48.7 Å². The molecule has 1 atom stereocenters. The van der Waals surface area contributed by atoms with Crippen LogP contribution in [0.5, 0.6) is 5.75 Å². The molecule has 0 spiro atoms. The maximum Gasteiger partial charge on any atom is 0.221 e. The molecule has 17 heavy (non-hydrogen) atoms. The number of ether oxygens (including phenoxy) is 1. The highest BCUT2D eigenvalue weighted by atomic mass is 16.5. The Labute approximate surface area is 99.1 Å². The second kappa shape index (κ2) is 4.01. The summed E-state index contributed by atoms with van der Waals surface area (Å²) in [6.07, 6.45) is 1.82. The van der Waals surface area contributed by atoms with E-state index in [0.29, 0.717) is 12.1 Å². The van der Waals surface area contributed by atoms with Crippen LogP contribution in [0, 0.1) is 0 Å². The van der Waals surface area contributed by atoms with Gasteiger partial charge in [-0.25, -0.2) is 0 Å². The van der Waals surface area contributed by atoms with Gasteiger partial charge >= 0.3 is 0 Å². The number of carbonyl (C=O) groups excluding carboxylic acids is 1. The van der Waals surface area contributed by atoms with E-state index in [9.17, 15) is 4.79 Å². The largest absolute Gasteiger partial charge is 0.482 e. The number of rotatable bonds is 2. The molecule has 3 heteroatoms. The van der Waals surface area contributed by atoms with Crippen LogP contribution in [0.3, 0.4) is 0 Å². The maximum absolute atomic E-state index is 12.1. The minimum atomic E-state index is -0.428. The zero-order valence-electron chi connectivity index (χ0n) is 9.17. The van der Waals surface area contributed by atoms with E-state index in [0.717, 1.165) is 11.3 Å². The number of aromatic nitrogens is 1. The van der Waals surface area contributed by atoms with Crippen molar-refractivity contribution in [1.82, 2.24) is 4.98 Å². The molecule has 3 rings (SSSR count). The molecule has 0 bridgehead atoms. The highest BCUT2D eigenvalue weighted by Gasteiger charge is 2.29. The monoisotopic (exact) mass is 225 g/mol. The molecule has 0 saturated carbocycles. The van der Waals surface area contributed by atoms with Crippen molar-refractivity contribution in [3.63, 3.8) is 0 Å². The number of fused-ring (bicyclic) bond motifs is 1. The summed E-state index contributed by atoms with van der Waals surface area (Å²) in [6, 6.07) is 13.1. The van der Waals surface area contributed by atoms with Gasteiger partial charge in [-0.15, -0.1) is 0 Å². The lowest BCUT2D eigenvalue weighted by Crippen LogP contribution is -2.26. The van der Waals surface area contributed by atoms with E-state index in [4.69, 9.17) is 4.74 Å². The molecule has 0 N–H and O–H groups in total. The summed E-state index contributed by atoms with van der Waals surface area (Å²) < 4.78 is 5.63. The van der Waals surface area contributed by atoms with E-state index >= 15 is 0 Å². The molecule has 1 aromatic heterocycles. The van der Waals surface area contributed by atoms with Crippen molar-refractivity contribution in [2.24, 2.45) is 0 Å². The van der Waals surface area contributed by atoms with Gasteiger partial charge in [0.05, 0.1) is 0 Å². The molecule has 0 radical (unpaired) electrons. The Balaban J connectivity index is 1.84. The average Bonchev–Trinajstić information content (AvgIpc) is 2.82. The molecule has 1 aliphatic rings. The molecule has 2 heterocycles. The zero-order valence-corrected chi connectivity index (χ0v) is 9.17. The molecular formula is C14H11NO2. The van der Waals surface area contributed by atoms with Crippen LogP contribution in [0.4, 0.5) is 0 Å². The summed E-state index contributed by atoms with van der Waals surface area (Å²) >= 11 is 0. The van der Waals surface area contributed by atoms with Crippen molar-refractivity contribution in [2.75, 3.05) is 0 Å². The summed E-state index contributed by atoms with van der Waals surface area (Å²) in [5, 5.41) is 0. The van der Waals surface area contributed by atoms with Gasteiger partial charge in [0.25, 0.3) is 0 Å². The van der Waals surface area contributed by atoms with Gasteiger partial charge in [0.2, 0.25) is 5.78 Å². The van der Waals surface area contributed by atoms with Gasteiger partial charge < -0.3 is 4.74 Å². The molecular weight excluding hydrogens is 214 g/mol. The standard InChI is InChI=1S/C14H11NO2/c16-14(11-6-3-4-8-15-11)13-9-10-5-1-2-7-12(10)17-13/h1-8,13H,9H2. The summed E-state index contributed by atoms with van der Waals surface area (Å²) in [4.78, 5) is 16.2. The normalized spacial score (nSPS) is 17.3. The van der Waals surface area contributed by atoms with E-state index in [2.05, 4.69) is 4.98 Å². The minimum Gasteiger partial charge on any atom is -0.482 e. The summed E-state index contributed by atoms with van der Waals surface area (Å²) in [7, 11) is 0. The van der Waals surface area contributed by atoms with Crippen LogP contribution in [0.2, 0.25) is 0 Å². The topological polar surface area (TPSA) is 39.2 Å². The van der Waals surface area contributed by atoms with Crippen molar-refractivity contribution in [3.8, 4) is 5.75 Å². The number of pyridine rings is 1. The summed E-state index contributed by atoms with van der Waals surface area (Å²) in [5.74, 6) is 0.753. The van der Waals surface area contributed by atoms with Crippen LogP contribution < -0.4 is 4.74 Å². The lowest BCUT2D eigenvalue weighted by atomic mass is 10.1. The van der Waals surface area contributed by atoms with Crippen LogP contribution in [-0.4, -0.2) is 16.9 Å². The van der Waals surface area contributed by atoms with E-state index in [1.54, 1.807) is 18.3 Å². The quantitative estimate of drug-likeness (QED) is 0.736. The van der Waals surface area contributed by atoms with Gasteiger partial charge in [0.1, 0.15) is 11.4 Å². The molecule has 2 aromatic rings. The zero-order chi connectivity index (χ0) is 11.7. The molecule has 3 nitrogen and oxygen atoms in total. The number of Topliss-reactive ketones (excluding diaryl/α,β-unsaturated/α-hetero) is 1. The third-order valence-electron chi connectivity index (χ3n) is 2.86. The van der Waals surface area contributed by atoms with Gasteiger partial charge in [-0.05, 0) is 23.8 Å². The predicted octanol–water partition coefficient (Wildman–Crippen LogP) is 2.27. The van der Waals surface area contributed by atoms with Gasteiger partial charge in [-0.1, -0.05) is 24.3 Å². The molecule has 1 aliphatic heterocycles. The first-order valence-electron chi connectivity index (χ1n) is 5.54. The second-order valence-electron chi connectivity index (χ2n) is 4.00. The first-order valence-corrected chi connectivity index (χ1v) is 5.54. The van der Waals surface area contributed by atoms with Crippen LogP contribution in [-0.2, 0) is 6.42 Å². The third-order valence-corrected chi connectivity index (χ3v) is 2.86. The molecule has 0 fully saturated rings. The Bertz CT molecular complexity index is 526. The Hall–Kier alpha value is -2.16. The molecule has 84 valence electrons. The van der Waals surface area contributed by atoms with Crippen molar-refractivity contribution < 1.29 is 9.53 Å². The molecule has 0 saturated heterocycles. The van der Waals surface area contributed by atoms with E-state index in [-0.39, 0.29) is 5.78 Å². The minimum absolute atomic E-state index is 0.0539. The van der Waals surface area contributed by atoms with E-state index < -0.39 is 6.10 Å². The average molecular weight is 225 g/mol. The number of ketones is 1. The number of hydrogen-bond donors (Lipinski definition) is 0. The highest BCUT2D eigenvalue weighted by Crippen LogP contribution is 2.29. The first kappa shape index (κ1) is 10.0. The third kappa shape index (κ3) is 1.80. The first-order chi connectivity index (χ1) is 8.34. The SMILES string of the molecule is O=C(c1ccccn1)C1Cc2ccccc2O1. The lowest BCUT2D eigenvalue weighted by Gasteiger charge is -2.08. The van der Waals surface area contributed by atoms with Crippen molar-refractivity contribution in [1.29, 1.82) is 0 Å². The van der Waals surface area contributed by atoms with Gasteiger partial charge in [-0.3, -0.25) is 9.78 Å². The van der Waals surface area contributed by atoms with Crippen LogP contribution in [0.1, 0.15) is 16.1 Å². The number of nitrogens with zero attached hydrogens (tertiary/aromatic N) is 1. The number of carbonyl (C=O) groups is 1. The predicted molar refractivity (Wildman–Crippen MR) is 63.1 cm³/mol. The number of hydrogen-bond acceptors (Lipinski definition) is 3. The summed E-state index contributed by atoms with van der Waals surface area (Å²) in [5.41, 5.74) is 1.55. The molecule has 0 aliphatic carbocycles. The van der Waals surface area contributed by atoms with Gasteiger partial charge in [0.15, 0.2) is 6.10 Å². The van der Waals surface area contributed by atoms with Gasteiger partial charge in [0, 0.05) is 12.6 Å². The fourth-order valence-corrected chi connectivity index (χ4v) is 2.00. The lowest BCUT2D eigenvalue weighted by molar-refractivity contribution is 0.0819. The molecule has 1 unspecified atom stereocenters. The Kier molecular flexibility index (Phi) is 2.37. The van der Waals surface area contributed by atoms with E-state index in [1.165, 1.54) is 0 Å². The van der Waals surface area contributed by atoms with Crippen molar-refractivity contribution in [2.45, 2.75) is 12.5 Å². The van der Waals surface area contributed by atoms with Crippen molar-refractivity contribution >= 4 is 5.78 Å². The van der Waals surface area contributed by atoms with Gasteiger partial charge in [-0.2, -0.15) is 0 Å². The Morgan fingerprint density at radius 1 is 1.18 bits per heavy atom. The summed E-state index contributed by atoms with van der Waals surface area (Å²) in [6.45, 7) is 0. The second-order valence-corrected chi connectivity index (χ2v) is 4.00. The fourth-order valence-electron chi connectivity index (χ4n) is 2.00.